The Hall–Kier alpha value is -1.16. The molecule has 0 unspecified atom stereocenters. The van der Waals surface area contributed by atoms with E-state index in [4.69, 9.17) is 13.3 Å². The van der Waals surface area contributed by atoms with Crippen molar-refractivity contribution in [3.8, 4) is 0 Å². The van der Waals surface area contributed by atoms with Crippen LogP contribution >= 0.6 is 0 Å². The molecule has 0 amide bonds. The molecule has 0 rings (SSSR count). The highest BCUT2D eigenvalue weighted by Gasteiger charge is 2.56. The molecule has 0 fully saturated rings. The predicted octanol–water partition coefficient (Wildman–Crippen LogP) is 2.66. The molecule has 0 aliphatic heterocycles. The molecular formula is C13H26O6Si2. The molecule has 0 aliphatic carbocycles. The van der Waals surface area contributed by atoms with Gasteiger partial charge in [-0.15, -0.1) is 0 Å². The van der Waals surface area contributed by atoms with Gasteiger partial charge in [-0.1, -0.05) is 38.9 Å². The second-order valence-electron chi connectivity index (χ2n) is 5.20. The second kappa shape index (κ2) is 8.33. The molecule has 0 aromatic carbocycles. The lowest BCUT2D eigenvalue weighted by molar-refractivity contribution is -0.147. The van der Waals surface area contributed by atoms with Gasteiger partial charge in [-0.2, -0.15) is 0 Å². The van der Waals surface area contributed by atoms with Gasteiger partial charge >= 0.3 is 8.80 Å². The molecule has 8 heteroatoms. The average molecular weight is 335 g/mol. The summed E-state index contributed by atoms with van der Waals surface area (Å²) in [6.07, 6.45) is 0. The van der Waals surface area contributed by atoms with Gasteiger partial charge < -0.3 is 13.3 Å². The van der Waals surface area contributed by atoms with Gasteiger partial charge in [0.25, 0.3) is 17.9 Å². The molecule has 0 heterocycles. The summed E-state index contributed by atoms with van der Waals surface area (Å²) < 4.78 is 15.8. The highest BCUT2D eigenvalue weighted by Crippen LogP contribution is 2.32. The lowest BCUT2D eigenvalue weighted by atomic mass is 10.9. The summed E-state index contributed by atoms with van der Waals surface area (Å²) in [7, 11) is -5.49. The monoisotopic (exact) mass is 334 g/mol. The maximum absolute atomic E-state index is 11.4. The molecule has 122 valence electrons. The Morgan fingerprint density at radius 2 is 1.00 bits per heavy atom. The van der Waals surface area contributed by atoms with Gasteiger partial charge in [-0.3, -0.25) is 14.4 Å². The van der Waals surface area contributed by atoms with Crippen LogP contribution in [0.3, 0.4) is 0 Å². The lowest BCUT2D eigenvalue weighted by Crippen LogP contribution is -2.55. The number of hydrogen-bond donors (Lipinski definition) is 0. The first-order valence-corrected chi connectivity index (χ1v) is 12.0. The van der Waals surface area contributed by atoms with Crippen LogP contribution in [0.4, 0.5) is 0 Å². The third-order valence-corrected chi connectivity index (χ3v) is 14.8. The number of hydrogen-bond acceptors (Lipinski definition) is 6. The molecule has 0 aromatic heterocycles. The van der Waals surface area contributed by atoms with E-state index in [1.54, 1.807) is 0 Å². The van der Waals surface area contributed by atoms with E-state index in [1.165, 1.54) is 20.8 Å². The van der Waals surface area contributed by atoms with E-state index >= 15 is 0 Å². The Balaban J connectivity index is 5.65. The van der Waals surface area contributed by atoms with Gasteiger partial charge in [-0.05, 0) is 0 Å². The van der Waals surface area contributed by atoms with E-state index in [0.717, 1.165) is 18.1 Å². The zero-order valence-corrected chi connectivity index (χ0v) is 15.8. The minimum absolute atomic E-state index is 0.391. The molecule has 0 spiro atoms. The molecule has 0 N–H and O–H groups in total. The van der Waals surface area contributed by atoms with Crippen LogP contribution in [0.25, 0.3) is 0 Å². The summed E-state index contributed by atoms with van der Waals surface area (Å²) >= 11 is 0. The first-order chi connectivity index (χ1) is 9.64. The summed E-state index contributed by atoms with van der Waals surface area (Å²) in [5.74, 6) is -1.80. The molecule has 0 atom stereocenters. The fourth-order valence-corrected chi connectivity index (χ4v) is 12.9. The van der Waals surface area contributed by atoms with Crippen LogP contribution in [0, 0.1) is 0 Å². The van der Waals surface area contributed by atoms with Crippen LogP contribution in [0.5, 0.6) is 0 Å². The minimum Gasteiger partial charge on any atom is -0.455 e. The van der Waals surface area contributed by atoms with Crippen molar-refractivity contribution in [2.24, 2.45) is 0 Å². The Labute approximate surface area is 128 Å². The molecule has 0 aromatic rings. The molecule has 6 nitrogen and oxygen atoms in total. The van der Waals surface area contributed by atoms with Crippen LogP contribution in [0.1, 0.15) is 41.5 Å². The first kappa shape index (κ1) is 19.8. The summed E-state index contributed by atoms with van der Waals surface area (Å²) in [5, 5.41) is 0. The molecule has 0 aliphatic rings. The minimum atomic E-state index is -3.67. The van der Waals surface area contributed by atoms with Gasteiger partial charge in [-0.25, -0.2) is 0 Å². The van der Waals surface area contributed by atoms with Crippen LogP contribution in [0.15, 0.2) is 0 Å². The van der Waals surface area contributed by atoms with Gasteiger partial charge in [0.05, 0.1) is 8.07 Å². The fraction of sp³-hybridized carbons (Fsp3) is 0.769. The molecule has 0 radical (unpaired) electrons. The number of carbonyl (C=O) groups excluding carboxylic acids is 3. The normalized spacial score (nSPS) is 11.7. The van der Waals surface area contributed by atoms with Crippen molar-refractivity contribution in [1.82, 2.24) is 0 Å². The van der Waals surface area contributed by atoms with E-state index in [9.17, 15) is 14.4 Å². The van der Waals surface area contributed by atoms with Gasteiger partial charge in [0, 0.05) is 26.4 Å². The highest BCUT2D eigenvalue weighted by molar-refractivity contribution is 6.91. The third-order valence-electron chi connectivity index (χ3n) is 3.74. The van der Waals surface area contributed by atoms with Gasteiger partial charge in [0.2, 0.25) is 0 Å². The zero-order chi connectivity index (χ0) is 16.7. The summed E-state index contributed by atoms with van der Waals surface area (Å²) in [4.78, 5) is 34.3. The highest BCUT2D eigenvalue weighted by atomic mass is 28.4. The van der Waals surface area contributed by atoms with Gasteiger partial charge in [0.1, 0.15) is 0 Å². The van der Waals surface area contributed by atoms with Crippen LogP contribution in [-0.2, 0) is 27.7 Å². The van der Waals surface area contributed by atoms with Crippen molar-refractivity contribution in [2.45, 2.75) is 65.3 Å². The average Bonchev–Trinajstić information content (AvgIpc) is 2.33. The first-order valence-electron chi connectivity index (χ1n) is 7.23. The molecule has 0 bridgehead atoms. The van der Waals surface area contributed by atoms with Crippen LogP contribution in [-0.4, -0.2) is 34.8 Å². The molecular weight excluding hydrogens is 308 g/mol. The van der Waals surface area contributed by atoms with E-state index in [0.29, 0.717) is 5.67 Å². The van der Waals surface area contributed by atoms with E-state index < -0.39 is 34.8 Å². The molecule has 0 saturated heterocycles. The quantitative estimate of drug-likeness (QED) is 0.635. The Morgan fingerprint density at radius 3 is 1.19 bits per heavy atom. The number of carbonyl (C=O) groups is 3. The van der Waals surface area contributed by atoms with Crippen LogP contribution < -0.4 is 0 Å². The summed E-state index contributed by atoms with van der Waals surface area (Å²) in [5.41, 5.74) is 0.391. The van der Waals surface area contributed by atoms with Crippen molar-refractivity contribution in [2.75, 3.05) is 0 Å². The fourth-order valence-electron chi connectivity index (χ4n) is 2.41. The standard InChI is InChI=1S/C13H26O6Si2/c1-7-20(8-2,9-3)10-21(17-11(4)14,18-12(5)15)19-13(6)16/h7-10H2,1-6H3. The summed E-state index contributed by atoms with van der Waals surface area (Å²) in [6.45, 7) is 9.90. The lowest BCUT2D eigenvalue weighted by Gasteiger charge is -2.35. The number of rotatable bonds is 8. The second-order valence-corrected chi connectivity index (χ2v) is 13.7. The Morgan fingerprint density at radius 1 is 0.714 bits per heavy atom. The Kier molecular flexibility index (Phi) is 7.87. The maximum atomic E-state index is 11.4. The van der Waals surface area contributed by atoms with Gasteiger partial charge in [0.15, 0.2) is 0 Å². The van der Waals surface area contributed by atoms with Crippen LogP contribution in [0.2, 0.25) is 23.8 Å². The smallest absolute Gasteiger partial charge is 0.455 e. The molecule has 0 saturated carbocycles. The molecule has 21 heavy (non-hydrogen) atoms. The van der Waals surface area contributed by atoms with Crippen molar-refractivity contribution >= 4 is 34.8 Å². The summed E-state index contributed by atoms with van der Waals surface area (Å²) in [6, 6.07) is 2.83. The SMILES string of the molecule is CC[Si](CC)(CC)C[Si](OC(C)=O)(OC(C)=O)OC(C)=O. The van der Waals surface area contributed by atoms with Crippen molar-refractivity contribution < 1.29 is 27.7 Å². The van der Waals surface area contributed by atoms with Crippen molar-refractivity contribution in [3.05, 3.63) is 0 Å². The van der Waals surface area contributed by atoms with E-state index in [-0.39, 0.29) is 0 Å². The van der Waals surface area contributed by atoms with Crippen molar-refractivity contribution in [1.29, 1.82) is 0 Å². The maximum Gasteiger partial charge on any atom is 0.702 e. The predicted molar refractivity (Wildman–Crippen MR) is 83.1 cm³/mol. The largest absolute Gasteiger partial charge is 0.702 e. The third kappa shape index (κ3) is 6.43. The van der Waals surface area contributed by atoms with E-state index in [1.807, 2.05) is 0 Å². The Bertz CT molecular complexity index is 343. The topological polar surface area (TPSA) is 78.9 Å². The van der Waals surface area contributed by atoms with Crippen molar-refractivity contribution in [3.63, 3.8) is 0 Å². The van der Waals surface area contributed by atoms with E-state index in [2.05, 4.69) is 20.8 Å². The zero-order valence-electron chi connectivity index (χ0n) is 13.8.